The molecule has 38 heavy (non-hydrogen) atoms. The van der Waals surface area contributed by atoms with Crippen molar-refractivity contribution >= 4 is 29.6 Å². The predicted molar refractivity (Wildman–Crippen MR) is 144 cm³/mol. The Balaban J connectivity index is 1.49. The summed E-state index contributed by atoms with van der Waals surface area (Å²) in [6.07, 6.45) is 3.51. The summed E-state index contributed by atoms with van der Waals surface area (Å²) in [7, 11) is -0.656. The maximum atomic E-state index is 16.0. The van der Waals surface area contributed by atoms with Crippen LogP contribution < -0.4 is 5.46 Å². The standard InChI is InChI=1S/C27H29BFN5O3S/c1-14-15(2)38-25-22(14)23(31-20(13-21-30-10-11-35-21)24-33-32-16(3)34(24)25)18-9-8-17(12-19(18)29)28-36-26(4,5)27(6,7)37-28/h8-12,20H,13H2,1-7H3. The fourth-order valence-corrected chi connectivity index (χ4v) is 6.09. The molecule has 6 rings (SSSR count). The largest absolute Gasteiger partial charge is 0.494 e. The van der Waals surface area contributed by atoms with Crippen LogP contribution in [-0.4, -0.2) is 43.8 Å². The van der Waals surface area contributed by atoms with Gasteiger partial charge in [-0.2, -0.15) is 0 Å². The van der Waals surface area contributed by atoms with Gasteiger partial charge in [0.2, 0.25) is 0 Å². The molecule has 196 valence electrons. The highest BCUT2D eigenvalue weighted by Crippen LogP contribution is 2.40. The molecule has 4 aromatic rings. The predicted octanol–water partition coefficient (Wildman–Crippen LogP) is 4.82. The van der Waals surface area contributed by atoms with E-state index in [2.05, 4.69) is 22.1 Å². The highest BCUT2D eigenvalue weighted by molar-refractivity contribution is 7.15. The number of nitrogens with zero attached hydrogens (tertiary/aromatic N) is 5. The summed E-state index contributed by atoms with van der Waals surface area (Å²) < 4.78 is 35.9. The molecule has 11 heteroatoms. The van der Waals surface area contributed by atoms with Gasteiger partial charge in [0.25, 0.3) is 0 Å². The van der Waals surface area contributed by atoms with E-state index < -0.39 is 30.2 Å². The first-order valence-electron chi connectivity index (χ1n) is 12.6. The topological polar surface area (TPSA) is 87.6 Å². The maximum absolute atomic E-state index is 16.0. The Morgan fingerprint density at radius 3 is 2.47 bits per heavy atom. The van der Waals surface area contributed by atoms with Crippen molar-refractivity contribution in [2.45, 2.75) is 72.1 Å². The Hall–Kier alpha value is -3.15. The molecule has 0 spiro atoms. The van der Waals surface area contributed by atoms with Crippen molar-refractivity contribution in [1.29, 1.82) is 0 Å². The van der Waals surface area contributed by atoms with Gasteiger partial charge in [0.05, 0.1) is 29.5 Å². The van der Waals surface area contributed by atoms with Crippen molar-refractivity contribution in [2.75, 3.05) is 0 Å². The number of thiophene rings is 1. The van der Waals surface area contributed by atoms with E-state index in [-0.39, 0.29) is 0 Å². The number of aromatic nitrogens is 4. The van der Waals surface area contributed by atoms with Crippen molar-refractivity contribution in [1.82, 2.24) is 19.7 Å². The van der Waals surface area contributed by atoms with Crippen molar-refractivity contribution in [2.24, 2.45) is 4.99 Å². The fraction of sp³-hybridized carbons (Fsp3) is 0.407. The van der Waals surface area contributed by atoms with Crippen molar-refractivity contribution < 1.29 is 18.1 Å². The first-order valence-corrected chi connectivity index (χ1v) is 13.4. The maximum Gasteiger partial charge on any atom is 0.494 e. The van der Waals surface area contributed by atoms with E-state index >= 15 is 4.39 Å². The Bertz CT molecular complexity index is 1560. The first kappa shape index (κ1) is 25.2. The molecule has 8 nitrogen and oxygen atoms in total. The zero-order valence-corrected chi connectivity index (χ0v) is 23.3. The fourth-order valence-electron chi connectivity index (χ4n) is 4.88. The molecule has 3 aromatic heterocycles. The second-order valence-corrected chi connectivity index (χ2v) is 12.1. The number of rotatable bonds is 4. The third-order valence-electron chi connectivity index (χ3n) is 7.86. The lowest BCUT2D eigenvalue weighted by Crippen LogP contribution is -2.41. The van der Waals surface area contributed by atoms with Crippen molar-refractivity contribution in [3.63, 3.8) is 0 Å². The number of halogens is 1. The van der Waals surface area contributed by atoms with Crippen molar-refractivity contribution in [3.05, 3.63) is 75.6 Å². The van der Waals surface area contributed by atoms with Crippen LogP contribution in [0.1, 0.15) is 72.8 Å². The van der Waals surface area contributed by atoms with Crippen LogP contribution in [0.25, 0.3) is 5.00 Å². The summed E-state index contributed by atoms with van der Waals surface area (Å²) in [5, 5.41) is 9.76. The second kappa shape index (κ2) is 8.69. The minimum Gasteiger partial charge on any atom is -0.449 e. The van der Waals surface area contributed by atoms with Gasteiger partial charge in [0.1, 0.15) is 28.9 Å². The molecule has 0 radical (unpaired) electrons. The van der Waals surface area contributed by atoms with Gasteiger partial charge in [-0.1, -0.05) is 12.1 Å². The molecule has 2 aliphatic rings. The number of hydrogen-bond acceptors (Lipinski definition) is 8. The Morgan fingerprint density at radius 2 is 1.82 bits per heavy atom. The third-order valence-corrected chi connectivity index (χ3v) is 9.06. The molecule has 1 saturated heterocycles. The summed E-state index contributed by atoms with van der Waals surface area (Å²) in [6.45, 7) is 14.0. The van der Waals surface area contributed by atoms with Gasteiger partial charge in [-0.25, -0.2) is 9.37 Å². The van der Waals surface area contributed by atoms with Crippen LogP contribution in [0.3, 0.4) is 0 Å². The zero-order chi connectivity index (χ0) is 27.0. The van der Waals surface area contributed by atoms with E-state index in [1.165, 1.54) is 12.3 Å². The van der Waals surface area contributed by atoms with E-state index in [0.29, 0.717) is 34.9 Å². The molecule has 0 N–H and O–H groups in total. The van der Waals surface area contributed by atoms with Crippen LogP contribution in [0.2, 0.25) is 0 Å². The van der Waals surface area contributed by atoms with E-state index in [4.69, 9.17) is 18.7 Å². The van der Waals surface area contributed by atoms with Crippen LogP contribution in [0, 0.1) is 26.6 Å². The molecule has 1 atom stereocenters. The van der Waals surface area contributed by atoms with Gasteiger partial charge in [0, 0.05) is 16.0 Å². The van der Waals surface area contributed by atoms with Crippen LogP contribution in [0.5, 0.6) is 0 Å². The van der Waals surface area contributed by atoms with E-state index in [9.17, 15) is 0 Å². The number of aryl methyl sites for hydroxylation is 2. The molecule has 0 saturated carbocycles. The third kappa shape index (κ3) is 3.87. The molecular formula is C27H29BFN5O3S. The quantitative estimate of drug-likeness (QED) is 0.350. The van der Waals surface area contributed by atoms with Crippen LogP contribution in [0.4, 0.5) is 4.39 Å². The lowest BCUT2D eigenvalue weighted by molar-refractivity contribution is 0.00578. The number of benzene rings is 1. The molecular weight excluding hydrogens is 504 g/mol. The molecule has 0 aliphatic carbocycles. The molecule has 0 bridgehead atoms. The monoisotopic (exact) mass is 533 g/mol. The van der Waals surface area contributed by atoms with Gasteiger partial charge in [0.15, 0.2) is 11.7 Å². The molecule has 1 fully saturated rings. The summed E-state index contributed by atoms with van der Waals surface area (Å²) >= 11 is 1.63. The average molecular weight is 533 g/mol. The van der Waals surface area contributed by atoms with E-state index in [1.807, 2.05) is 52.2 Å². The first-order chi connectivity index (χ1) is 18.0. The van der Waals surface area contributed by atoms with Gasteiger partial charge < -0.3 is 13.7 Å². The lowest BCUT2D eigenvalue weighted by atomic mass is 9.78. The van der Waals surface area contributed by atoms with E-state index in [1.54, 1.807) is 23.6 Å². The molecule has 5 heterocycles. The normalized spacial score (nSPS) is 19.7. The Labute approximate surface area is 225 Å². The Kier molecular flexibility index (Phi) is 5.75. The summed E-state index contributed by atoms with van der Waals surface area (Å²) in [5.41, 5.74) is 2.50. The van der Waals surface area contributed by atoms with E-state index in [0.717, 1.165) is 26.8 Å². The number of hydrogen-bond donors (Lipinski definition) is 0. The molecule has 1 unspecified atom stereocenters. The van der Waals surface area contributed by atoms with Crippen molar-refractivity contribution in [3.8, 4) is 5.00 Å². The highest BCUT2D eigenvalue weighted by Gasteiger charge is 2.51. The molecule has 2 aliphatic heterocycles. The summed E-state index contributed by atoms with van der Waals surface area (Å²) in [4.78, 5) is 10.5. The number of fused-ring (bicyclic) bond motifs is 3. The molecule has 0 amide bonds. The van der Waals surface area contributed by atoms with Crippen LogP contribution in [0.15, 0.2) is 40.1 Å². The second-order valence-electron chi connectivity index (χ2n) is 10.9. The van der Waals surface area contributed by atoms with Gasteiger partial charge in [-0.15, -0.1) is 21.5 Å². The van der Waals surface area contributed by atoms with Crippen LogP contribution in [-0.2, 0) is 15.7 Å². The summed E-state index contributed by atoms with van der Waals surface area (Å²) in [6, 6.07) is 4.66. The zero-order valence-electron chi connectivity index (χ0n) is 22.5. The summed E-state index contributed by atoms with van der Waals surface area (Å²) in [5.74, 6) is 1.55. The lowest BCUT2D eigenvalue weighted by Gasteiger charge is -2.32. The highest BCUT2D eigenvalue weighted by atomic mass is 32.1. The smallest absolute Gasteiger partial charge is 0.449 e. The number of aliphatic imine (C=N–C) groups is 1. The minimum atomic E-state index is -0.656. The Morgan fingerprint density at radius 1 is 1.08 bits per heavy atom. The average Bonchev–Trinajstić information content (AvgIpc) is 3.58. The SMILES string of the molecule is Cc1sc2c(c1C)C(c1ccc(B3OC(C)(C)C(C)(C)O3)cc1F)=NC(Cc1ncco1)c1nnc(C)n1-2. The number of oxazole rings is 1. The molecule has 1 aromatic carbocycles. The van der Waals surface area contributed by atoms with Gasteiger partial charge in [-0.3, -0.25) is 9.56 Å². The minimum absolute atomic E-state index is 0.370. The van der Waals surface area contributed by atoms with Crippen LogP contribution >= 0.6 is 11.3 Å². The van der Waals surface area contributed by atoms with Gasteiger partial charge >= 0.3 is 7.12 Å². The van der Waals surface area contributed by atoms with Gasteiger partial charge in [-0.05, 0) is 65.6 Å².